The van der Waals surface area contributed by atoms with Crippen LogP contribution in [0, 0.1) is 5.82 Å². The lowest BCUT2D eigenvalue weighted by atomic mass is 10.0. The molecule has 0 aliphatic carbocycles. The van der Waals surface area contributed by atoms with Crippen LogP contribution in [0.15, 0.2) is 66.7 Å². The van der Waals surface area contributed by atoms with Crippen molar-refractivity contribution in [2.45, 2.75) is 18.9 Å². The molecule has 1 aromatic heterocycles. The molecule has 1 unspecified atom stereocenters. The maximum absolute atomic E-state index is 13.7. The summed E-state index contributed by atoms with van der Waals surface area (Å²) in [4.78, 5) is 27.2. The molecule has 3 aromatic carbocycles. The fourth-order valence-corrected chi connectivity index (χ4v) is 6.85. The van der Waals surface area contributed by atoms with Gasteiger partial charge in [-0.05, 0) is 67.9 Å². The summed E-state index contributed by atoms with van der Waals surface area (Å²) in [5.74, 6) is -0.985. The Hall–Kier alpha value is -4.05. The second-order valence-corrected chi connectivity index (χ2v) is 12.3. The van der Waals surface area contributed by atoms with Gasteiger partial charge in [-0.1, -0.05) is 12.1 Å². The predicted octanol–water partition coefficient (Wildman–Crippen LogP) is 3.84. The minimum Gasteiger partial charge on any atom is -0.346 e. The van der Waals surface area contributed by atoms with E-state index in [0.717, 1.165) is 5.39 Å². The highest BCUT2D eigenvalue weighted by atomic mass is 32.2. The molecule has 0 saturated carbocycles. The molecule has 1 aliphatic heterocycles. The van der Waals surface area contributed by atoms with Gasteiger partial charge in [0.2, 0.25) is 0 Å². The van der Waals surface area contributed by atoms with E-state index in [-0.39, 0.29) is 23.2 Å². The van der Waals surface area contributed by atoms with Crippen LogP contribution in [0.3, 0.4) is 0 Å². The zero-order valence-corrected chi connectivity index (χ0v) is 22.0. The lowest BCUT2D eigenvalue weighted by Crippen LogP contribution is -2.46. The molecule has 0 radical (unpaired) electrons. The number of carbonyl (C=O) groups is 2. The molecule has 196 valence electrons. The molecule has 4 aromatic rings. The minimum atomic E-state index is -3.19. The van der Waals surface area contributed by atoms with Gasteiger partial charge in [0.15, 0.2) is 9.84 Å². The molecule has 8 nitrogen and oxygen atoms in total. The van der Waals surface area contributed by atoms with Crippen LogP contribution >= 0.6 is 0 Å². The van der Waals surface area contributed by atoms with Crippen molar-refractivity contribution in [3.8, 4) is 16.9 Å². The van der Waals surface area contributed by atoms with E-state index in [9.17, 15) is 22.4 Å². The highest BCUT2D eigenvalue weighted by Crippen LogP contribution is 2.32. The summed E-state index contributed by atoms with van der Waals surface area (Å²) in [6.45, 7) is 1.73. The van der Waals surface area contributed by atoms with Gasteiger partial charge in [-0.15, -0.1) is 0 Å². The number of nitrogens with one attached hydrogen (secondary N) is 1. The molecule has 2 amide bonds. The van der Waals surface area contributed by atoms with Crippen LogP contribution < -0.4 is 5.32 Å². The summed E-state index contributed by atoms with van der Waals surface area (Å²) >= 11 is 0. The maximum Gasteiger partial charge on any atom is 0.253 e. The highest BCUT2D eigenvalue weighted by Gasteiger charge is 2.39. The second kappa shape index (κ2) is 9.36. The van der Waals surface area contributed by atoms with E-state index in [1.54, 1.807) is 74.2 Å². The first kappa shape index (κ1) is 25.6. The molecule has 1 saturated heterocycles. The monoisotopic (exact) mass is 534 g/mol. The number of benzene rings is 3. The summed E-state index contributed by atoms with van der Waals surface area (Å²) in [6.07, 6.45) is 0.350. The minimum absolute atomic E-state index is 0.0406. The number of hydrogen-bond donors (Lipinski definition) is 1. The average molecular weight is 535 g/mol. The van der Waals surface area contributed by atoms with Crippen LogP contribution in [0.5, 0.6) is 0 Å². The number of amides is 2. The number of fused-ring (bicyclic) bond motifs is 1. The van der Waals surface area contributed by atoms with E-state index in [4.69, 9.17) is 5.10 Å². The van der Waals surface area contributed by atoms with Crippen LogP contribution in [0.25, 0.3) is 27.8 Å². The first-order valence-corrected chi connectivity index (χ1v) is 13.9. The van der Waals surface area contributed by atoms with E-state index < -0.39 is 21.3 Å². The average Bonchev–Trinajstić information content (AvgIpc) is 3.39. The SMILES string of the molecule is CN(C)C(=O)c1cccc(-c2nn(-c3ccc(F)cc3)c3cc(C(=O)NC4(C)CCS(=O)(=O)C4)ccc23)c1. The molecule has 0 spiro atoms. The van der Waals surface area contributed by atoms with Gasteiger partial charge in [-0.2, -0.15) is 5.10 Å². The lowest BCUT2D eigenvalue weighted by Gasteiger charge is -2.23. The first-order valence-electron chi connectivity index (χ1n) is 12.1. The van der Waals surface area contributed by atoms with Crippen molar-refractivity contribution >= 4 is 32.6 Å². The Labute approximate surface area is 220 Å². The third-order valence-corrected chi connectivity index (χ3v) is 8.63. The van der Waals surface area contributed by atoms with Gasteiger partial charge in [0.05, 0.1) is 28.2 Å². The fraction of sp³-hybridized carbons (Fsp3) is 0.250. The Balaban J connectivity index is 1.61. The number of hydrogen-bond acceptors (Lipinski definition) is 5. The van der Waals surface area contributed by atoms with Gasteiger partial charge in [0, 0.05) is 36.2 Å². The van der Waals surface area contributed by atoms with E-state index in [2.05, 4.69) is 5.32 Å². The smallest absolute Gasteiger partial charge is 0.253 e. The zero-order chi connectivity index (χ0) is 27.2. The molecular formula is C28H27FN4O4S. The summed E-state index contributed by atoms with van der Waals surface area (Å²) in [5, 5.41) is 8.42. The normalized spacial score (nSPS) is 18.4. The van der Waals surface area contributed by atoms with E-state index in [1.807, 2.05) is 6.07 Å². The van der Waals surface area contributed by atoms with Gasteiger partial charge in [0.25, 0.3) is 11.8 Å². The molecule has 5 rings (SSSR count). The molecule has 1 atom stereocenters. The summed E-state index contributed by atoms with van der Waals surface area (Å²) in [6, 6.07) is 18.1. The largest absolute Gasteiger partial charge is 0.346 e. The Kier molecular flexibility index (Phi) is 6.30. The third-order valence-electron chi connectivity index (χ3n) is 6.72. The molecule has 2 heterocycles. The maximum atomic E-state index is 13.7. The van der Waals surface area contributed by atoms with Crippen molar-refractivity contribution in [1.82, 2.24) is 20.0 Å². The number of rotatable bonds is 5. The summed E-state index contributed by atoms with van der Waals surface area (Å²) in [7, 11) is 0.173. The number of carbonyl (C=O) groups excluding carboxylic acids is 2. The molecule has 38 heavy (non-hydrogen) atoms. The molecule has 10 heteroatoms. The van der Waals surface area contributed by atoms with Gasteiger partial charge >= 0.3 is 0 Å². The Morgan fingerprint density at radius 3 is 2.42 bits per heavy atom. The molecule has 0 bridgehead atoms. The van der Waals surface area contributed by atoms with Crippen molar-refractivity contribution in [3.63, 3.8) is 0 Å². The van der Waals surface area contributed by atoms with Crippen LogP contribution in [-0.4, -0.2) is 66.1 Å². The van der Waals surface area contributed by atoms with Crippen LogP contribution in [0.1, 0.15) is 34.1 Å². The van der Waals surface area contributed by atoms with Gasteiger partial charge in [0.1, 0.15) is 11.5 Å². The third kappa shape index (κ3) is 4.91. The van der Waals surface area contributed by atoms with E-state index in [0.29, 0.717) is 40.0 Å². The molecule has 1 fully saturated rings. The number of halogens is 1. The lowest BCUT2D eigenvalue weighted by molar-refractivity contribution is 0.0827. The summed E-state index contributed by atoms with van der Waals surface area (Å²) < 4.78 is 39.3. The predicted molar refractivity (Wildman–Crippen MR) is 144 cm³/mol. The number of aromatic nitrogens is 2. The van der Waals surface area contributed by atoms with Crippen molar-refractivity contribution in [2.24, 2.45) is 0 Å². The van der Waals surface area contributed by atoms with E-state index >= 15 is 0 Å². The molecule has 1 aliphatic rings. The Bertz CT molecular complexity index is 1680. The quantitative estimate of drug-likeness (QED) is 0.419. The Morgan fingerprint density at radius 1 is 1.03 bits per heavy atom. The van der Waals surface area contributed by atoms with Crippen molar-refractivity contribution < 1.29 is 22.4 Å². The highest BCUT2D eigenvalue weighted by molar-refractivity contribution is 7.91. The molecular weight excluding hydrogens is 507 g/mol. The molecule has 1 N–H and O–H groups in total. The fourth-order valence-electron chi connectivity index (χ4n) is 4.76. The van der Waals surface area contributed by atoms with Crippen molar-refractivity contribution in [2.75, 3.05) is 25.6 Å². The van der Waals surface area contributed by atoms with Crippen molar-refractivity contribution in [1.29, 1.82) is 0 Å². The second-order valence-electron chi connectivity index (χ2n) is 10.1. The topological polar surface area (TPSA) is 101 Å². The number of nitrogens with zero attached hydrogens (tertiary/aromatic N) is 3. The Morgan fingerprint density at radius 2 is 1.76 bits per heavy atom. The van der Waals surface area contributed by atoms with Gasteiger partial charge in [-0.25, -0.2) is 17.5 Å². The standard InChI is InChI=1S/C28H27FN4O4S/c1-28(13-14-38(36,37)17-28)30-26(34)19-7-12-23-24(16-19)33(22-10-8-21(29)9-11-22)31-25(23)18-5-4-6-20(15-18)27(35)32(2)3/h4-12,15-16H,13-14,17H2,1-3H3,(H,30,34). The zero-order valence-electron chi connectivity index (χ0n) is 21.2. The van der Waals surface area contributed by atoms with Crippen LogP contribution in [-0.2, 0) is 9.84 Å². The van der Waals surface area contributed by atoms with E-state index in [1.165, 1.54) is 17.0 Å². The number of sulfone groups is 1. The van der Waals surface area contributed by atoms with Crippen LogP contribution in [0.4, 0.5) is 4.39 Å². The van der Waals surface area contributed by atoms with Crippen molar-refractivity contribution in [3.05, 3.63) is 83.7 Å². The van der Waals surface area contributed by atoms with Crippen LogP contribution in [0.2, 0.25) is 0 Å². The summed E-state index contributed by atoms with van der Waals surface area (Å²) in [5.41, 5.74) is 2.51. The van der Waals surface area contributed by atoms with Gasteiger partial charge in [-0.3, -0.25) is 9.59 Å². The van der Waals surface area contributed by atoms with Gasteiger partial charge < -0.3 is 10.2 Å². The first-order chi connectivity index (χ1) is 17.9.